The highest BCUT2D eigenvalue weighted by molar-refractivity contribution is 8.02. The Morgan fingerprint density at radius 3 is 2.91 bits per heavy atom. The number of aliphatic carboxylic acids is 1. The van der Waals surface area contributed by atoms with E-state index >= 15 is 0 Å². The minimum Gasteiger partial charge on any atom is -0.477 e. The topological polar surface area (TPSA) is 160 Å². The molecule has 0 saturated carbocycles. The molecule has 168 valence electrons. The predicted octanol–water partition coefficient (Wildman–Crippen LogP) is 1.06. The maximum absolute atomic E-state index is 12.8. The van der Waals surface area contributed by atoms with Gasteiger partial charge in [-0.1, -0.05) is 5.16 Å². The maximum Gasteiger partial charge on any atom is 0.352 e. The van der Waals surface area contributed by atoms with Crippen molar-refractivity contribution in [1.82, 2.24) is 20.2 Å². The number of carbonyl (C=O) groups excluding carboxylic acids is 2. The molecule has 15 heteroatoms. The van der Waals surface area contributed by atoms with Crippen LogP contribution in [-0.4, -0.2) is 73.5 Å². The number of rotatable bonds is 8. The fourth-order valence-corrected chi connectivity index (χ4v) is 6.77. The third kappa shape index (κ3) is 4.32. The Kier molecular flexibility index (Phi) is 6.68. The molecule has 1 fully saturated rings. The van der Waals surface area contributed by atoms with Gasteiger partial charge in [0.1, 0.15) is 29.9 Å². The van der Waals surface area contributed by atoms with Crippen LogP contribution in [0.1, 0.15) is 5.69 Å². The van der Waals surface area contributed by atoms with Crippen LogP contribution in [0.3, 0.4) is 0 Å². The minimum atomic E-state index is -1.17. The number of nitrogens with one attached hydrogen (secondary N) is 1. The summed E-state index contributed by atoms with van der Waals surface area (Å²) in [7, 11) is 1.28. The first kappa shape index (κ1) is 22.6. The number of nitrogens with two attached hydrogens (primary N) is 1. The zero-order valence-electron chi connectivity index (χ0n) is 16.4. The van der Waals surface area contributed by atoms with E-state index in [4.69, 9.17) is 10.6 Å². The first-order valence-electron chi connectivity index (χ1n) is 8.95. The number of carbonyl (C=O) groups is 3. The van der Waals surface area contributed by atoms with Gasteiger partial charge in [0.05, 0.1) is 15.9 Å². The average Bonchev–Trinajstić information content (AvgIpc) is 3.45. The lowest BCUT2D eigenvalue weighted by Crippen LogP contribution is -2.71. The molecule has 4 N–H and O–H groups in total. The number of fused-ring (bicyclic) bond motifs is 1. The average molecular weight is 513 g/mol. The van der Waals surface area contributed by atoms with Crippen LogP contribution in [0.25, 0.3) is 0 Å². The van der Waals surface area contributed by atoms with Gasteiger partial charge in [0, 0.05) is 16.9 Å². The lowest BCUT2D eigenvalue weighted by atomic mass is 10.0. The van der Waals surface area contributed by atoms with Crippen LogP contribution >= 0.6 is 46.2 Å². The molecule has 4 heterocycles. The SMILES string of the molecule is CO/N=C(\C(=O)NC1C(=O)N2C(C(=O)O)=C(CSc3cncs3)CS[C@H]12)c1csc(N)n1. The third-order valence-corrected chi connectivity index (χ3v) is 8.60. The fourth-order valence-electron chi connectivity index (χ4n) is 3.13. The van der Waals surface area contributed by atoms with Crippen molar-refractivity contribution in [1.29, 1.82) is 0 Å². The molecule has 32 heavy (non-hydrogen) atoms. The Morgan fingerprint density at radius 1 is 1.47 bits per heavy atom. The molecule has 2 aliphatic heterocycles. The van der Waals surface area contributed by atoms with Gasteiger partial charge < -0.3 is 21.0 Å². The van der Waals surface area contributed by atoms with E-state index < -0.39 is 29.2 Å². The normalized spacial score (nSPS) is 20.6. The Labute approximate surface area is 198 Å². The van der Waals surface area contributed by atoms with Crippen molar-refractivity contribution in [3.63, 3.8) is 0 Å². The number of aromatic nitrogens is 2. The second kappa shape index (κ2) is 9.48. The molecule has 0 aliphatic carbocycles. The van der Waals surface area contributed by atoms with E-state index in [-0.39, 0.29) is 22.2 Å². The number of hydrogen-bond donors (Lipinski definition) is 3. The number of nitrogens with zero attached hydrogens (tertiary/aromatic N) is 4. The lowest BCUT2D eigenvalue weighted by molar-refractivity contribution is -0.150. The van der Waals surface area contributed by atoms with Gasteiger partial charge in [0.25, 0.3) is 11.8 Å². The Bertz CT molecular complexity index is 1110. The summed E-state index contributed by atoms with van der Waals surface area (Å²) >= 11 is 5.47. The van der Waals surface area contributed by atoms with Crippen molar-refractivity contribution in [2.75, 3.05) is 24.3 Å². The van der Waals surface area contributed by atoms with E-state index in [0.29, 0.717) is 17.1 Å². The van der Waals surface area contributed by atoms with Gasteiger partial charge >= 0.3 is 5.97 Å². The van der Waals surface area contributed by atoms with Crippen molar-refractivity contribution in [2.24, 2.45) is 5.16 Å². The molecule has 2 aliphatic rings. The summed E-state index contributed by atoms with van der Waals surface area (Å²) in [4.78, 5) is 51.5. The molecule has 0 aromatic carbocycles. The van der Waals surface area contributed by atoms with E-state index in [9.17, 15) is 19.5 Å². The molecule has 2 amide bonds. The monoisotopic (exact) mass is 512 g/mol. The number of hydrogen-bond acceptors (Lipinski definition) is 12. The first-order valence-corrected chi connectivity index (χ1v) is 12.7. The van der Waals surface area contributed by atoms with Crippen LogP contribution in [0.2, 0.25) is 0 Å². The molecule has 4 rings (SSSR count). The Balaban J connectivity index is 1.49. The van der Waals surface area contributed by atoms with Gasteiger partial charge in [0.2, 0.25) is 0 Å². The van der Waals surface area contributed by atoms with Crippen molar-refractivity contribution >= 4 is 74.8 Å². The summed E-state index contributed by atoms with van der Waals surface area (Å²) in [6.07, 6.45) is 1.71. The lowest BCUT2D eigenvalue weighted by Gasteiger charge is -2.49. The highest BCUT2D eigenvalue weighted by atomic mass is 32.2. The van der Waals surface area contributed by atoms with Crippen molar-refractivity contribution < 1.29 is 24.3 Å². The molecule has 2 atom stereocenters. The van der Waals surface area contributed by atoms with Gasteiger partial charge in [-0.15, -0.1) is 46.2 Å². The number of thiazole rings is 2. The molecular formula is C17H16N6O5S4. The summed E-state index contributed by atoms with van der Waals surface area (Å²) < 4.78 is 0.960. The van der Waals surface area contributed by atoms with E-state index in [1.54, 1.807) is 17.1 Å². The summed E-state index contributed by atoms with van der Waals surface area (Å²) in [5.74, 6) is -1.48. The molecule has 2 aromatic heterocycles. The van der Waals surface area contributed by atoms with Gasteiger partial charge in [-0.3, -0.25) is 19.5 Å². The Hall–Kier alpha value is -2.62. The van der Waals surface area contributed by atoms with Gasteiger partial charge in [0.15, 0.2) is 10.8 Å². The standard InChI is InChI=1S/C17H16N6O5S4/c1-28-22-10(8-5-31-17(18)20-8)13(24)21-11-14(25)23-12(16(26)27)7(4-30-15(11)23)3-29-9-2-19-6-32-9/h2,5-6,11,15H,3-4H2,1H3,(H2,18,20)(H,21,24)(H,26,27)/b22-10-/t11?,15-/m1/s1. The van der Waals surface area contributed by atoms with Crippen LogP contribution in [0, 0.1) is 0 Å². The smallest absolute Gasteiger partial charge is 0.352 e. The van der Waals surface area contributed by atoms with E-state index in [2.05, 4.69) is 20.4 Å². The van der Waals surface area contributed by atoms with Crippen LogP contribution in [0.15, 0.2) is 37.7 Å². The predicted molar refractivity (Wildman–Crippen MR) is 123 cm³/mol. The number of amides is 2. The molecule has 0 bridgehead atoms. The molecule has 0 radical (unpaired) electrons. The number of β-lactam (4-membered cyclic amide) rings is 1. The summed E-state index contributed by atoms with van der Waals surface area (Å²) in [5.41, 5.74) is 8.05. The highest BCUT2D eigenvalue weighted by Gasteiger charge is 2.54. The summed E-state index contributed by atoms with van der Waals surface area (Å²) in [6, 6.07) is -0.893. The number of nitrogen functional groups attached to an aromatic ring is 1. The van der Waals surface area contributed by atoms with Crippen molar-refractivity contribution in [2.45, 2.75) is 15.6 Å². The van der Waals surface area contributed by atoms with Gasteiger partial charge in [-0.25, -0.2) is 9.78 Å². The Morgan fingerprint density at radius 2 is 2.28 bits per heavy atom. The highest BCUT2D eigenvalue weighted by Crippen LogP contribution is 2.41. The number of anilines is 1. The second-order valence-electron chi connectivity index (χ2n) is 6.42. The quantitative estimate of drug-likeness (QED) is 0.202. The number of carboxylic acid groups (broad SMARTS) is 1. The number of thioether (sulfide) groups is 2. The summed E-state index contributed by atoms with van der Waals surface area (Å²) in [6.45, 7) is 0. The fraction of sp³-hybridized carbons (Fsp3) is 0.294. The minimum absolute atomic E-state index is 0.0284. The molecular weight excluding hydrogens is 496 g/mol. The molecule has 1 saturated heterocycles. The van der Waals surface area contributed by atoms with Crippen molar-refractivity contribution in [3.05, 3.63) is 34.1 Å². The zero-order valence-corrected chi connectivity index (χ0v) is 19.6. The van der Waals surface area contributed by atoms with Gasteiger partial charge in [-0.2, -0.15) is 0 Å². The zero-order chi connectivity index (χ0) is 22.8. The van der Waals surface area contributed by atoms with E-state index in [1.165, 1.54) is 46.9 Å². The van der Waals surface area contributed by atoms with Crippen LogP contribution in [0.4, 0.5) is 5.13 Å². The van der Waals surface area contributed by atoms with E-state index in [0.717, 1.165) is 15.5 Å². The number of oxime groups is 1. The number of carboxylic acids is 1. The van der Waals surface area contributed by atoms with Crippen LogP contribution < -0.4 is 11.1 Å². The molecule has 1 unspecified atom stereocenters. The van der Waals surface area contributed by atoms with E-state index in [1.807, 2.05) is 0 Å². The molecule has 11 nitrogen and oxygen atoms in total. The second-order valence-corrected chi connectivity index (χ2v) is 10.6. The van der Waals surface area contributed by atoms with Crippen LogP contribution in [0.5, 0.6) is 0 Å². The molecule has 0 spiro atoms. The van der Waals surface area contributed by atoms with Gasteiger partial charge in [-0.05, 0) is 5.57 Å². The van der Waals surface area contributed by atoms with Crippen molar-refractivity contribution in [3.8, 4) is 0 Å². The maximum atomic E-state index is 12.8. The first-order chi connectivity index (χ1) is 15.4. The van der Waals surface area contributed by atoms with Crippen LogP contribution in [-0.2, 0) is 19.2 Å². The molecule has 2 aromatic rings. The summed E-state index contributed by atoms with van der Waals surface area (Å²) in [5, 5.41) is 17.4. The third-order valence-electron chi connectivity index (χ3n) is 4.50. The largest absolute Gasteiger partial charge is 0.477 e.